The second kappa shape index (κ2) is 12.8. The lowest BCUT2D eigenvalue weighted by Gasteiger charge is -2.27. The predicted octanol–water partition coefficient (Wildman–Crippen LogP) is 6.88. The number of carbonyl (C=O) groups excluding carboxylic acids is 1. The highest BCUT2D eigenvalue weighted by atomic mass is 16.5. The van der Waals surface area contributed by atoms with E-state index < -0.39 is 11.9 Å². The molecule has 0 aromatic heterocycles. The summed E-state index contributed by atoms with van der Waals surface area (Å²) in [6.45, 7) is 3.04. The van der Waals surface area contributed by atoms with E-state index in [1.54, 1.807) is 36.4 Å². The molecule has 1 unspecified atom stereocenters. The number of nitriles is 1. The number of carbonyl (C=O) groups is 1. The van der Waals surface area contributed by atoms with E-state index in [4.69, 9.17) is 24.7 Å². The van der Waals surface area contributed by atoms with Crippen LogP contribution in [0.4, 0.5) is 0 Å². The van der Waals surface area contributed by atoms with Gasteiger partial charge in [0.2, 0.25) is 5.88 Å². The molecule has 41 heavy (non-hydrogen) atoms. The molecule has 0 radical (unpaired) electrons. The van der Waals surface area contributed by atoms with Gasteiger partial charge >= 0.3 is 5.97 Å². The zero-order valence-corrected chi connectivity index (χ0v) is 22.7. The van der Waals surface area contributed by atoms with E-state index in [1.165, 1.54) is 0 Å². The van der Waals surface area contributed by atoms with Crippen molar-refractivity contribution in [1.82, 2.24) is 0 Å². The zero-order chi connectivity index (χ0) is 28.6. The minimum atomic E-state index is -0.545. The lowest BCUT2D eigenvalue weighted by atomic mass is 9.83. The van der Waals surface area contributed by atoms with Crippen LogP contribution in [0.1, 0.15) is 52.7 Å². The number of esters is 1. The summed E-state index contributed by atoms with van der Waals surface area (Å²) in [4.78, 5) is 13.0. The Hall–Kier alpha value is -5.22. The predicted molar refractivity (Wildman–Crippen MR) is 155 cm³/mol. The first-order valence-electron chi connectivity index (χ1n) is 13.5. The van der Waals surface area contributed by atoms with Gasteiger partial charge in [-0.25, -0.2) is 4.79 Å². The Bertz CT molecular complexity index is 1590. The van der Waals surface area contributed by atoms with Crippen molar-refractivity contribution in [2.45, 2.75) is 32.3 Å². The van der Waals surface area contributed by atoms with Crippen molar-refractivity contribution in [3.05, 3.63) is 131 Å². The van der Waals surface area contributed by atoms with E-state index in [2.05, 4.69) is 13.0 Å². The quantitative estimate of drug-likeness (QED) is 0.131. The summed E-state index contributed by atoms with van der Waals surface area (Å²) >= 11 is 0. The lowest BCUT2D eigenvalue weighted by Crippen LogP contribution is -2.21. The maximum Gasteiger partial charge on any atom is 0.347 e. The van der Waals surface area contributed by atoms with Gasteiger partial charge in [-0.15, -0.1) is 0 Å². The van der Waals surface area contributed by atoms with Gasteiger partial charge in [-0.3, -0.25) is 0 Å². The molecule has 0 saturated carbocycles. The molecule has 0 amide bonds. The van der Waals surface area contributed by atoms with Gasteiger partial charge in [-0.2, -0.15) is 5.26 Å². The number of hydrogen-bond donors (Lipinski definition) is 1. The molecule has 7 nitrogen and oxygen atoms in total. The van der Waals surface area contributed by atoms with Crippen molar-refractivity contribution < 1.29 is 23.7 Å². The lowest BCUT2D eigenvalue weighted by molar-refractivity contribution is 0.0730. The van der Waals surface area contributed by atoms with Crippen LogP contribution < -0.4 is 24.7 Å². The summed E-state index contributed by atoms with van der Waals surface area (Å²) in [6, 6.07) is 31.8. The first-order chi connectivity index (χ1) is 20.1. The summed E-state index contributed by atoms with van der Waals surface area (Å²) in [6.07, 6.45) is 1.87. The summed E-state index contributed by atoms with van der Waals surface area (Å²) in [5, 5.41) is 9.91. The Kier molecular flexibility index (Phi) is 8.51. The van der Waals surface area contributed by atoms with E-state index in [-0.39, 0.29) is 11.6 Å². The van der Waals surface area contributed by atoms with Crippen molar-refractivity contribution in [2.24, 2.45) is 5.73 Å². The van der Waals surface area contributed by atoms with Crippen molar-refractivity contribution in [2.75, 3.05) is 6.61 Å². The maximum atomic E-state index is 13.0. The molecule has 2 N–H and O–H groups in total. The molecular formula is C34H30N2O5. The average Bonchev–Trinajstić information content (AvgIpc) is 3.00. The van der Waals surface area contributed by atoms with E-state index in [0.717, 1.165) is 29.5 Å². The second-order valence-electron chi connectivity index (χ2n) is 9.56. The number of rotatable bonds is 10. The molecule has 7 heteroatoms. The molecule has 0 fully saturated rings. The number of nitrogens with two attached hydrogens (primary N) is 1. The molecule has 1 atom stereocenters. The number of allylic oxidation sites excluding steroid dienone is 1. The van der Waals surface area contributed by atoms with Crippen LogP contribution in [0.2, 0.25) is 0 Å². The largest absolute Gasteiger partial charge is 0.493 e. The molecule has 1 aliphatic rings. The first kappa shape index (κ1) is 27.4. The number of nitrogens with zero attached hydrogens (tertiary/aromatic N) is 1. The standard InChI is InChI=1S/C34H30N2O5/c1-2-3-19-38-30-12-8-7-11-28(30)34(37)40-26-17-18-27-31(20-26)41-33(36)29(21-35)32(27)24-13-15-25(16-14-24)39-22-23-9-5-4-6-10-23/h4-18,20,32H,2-3,19,22,36H2,1H3. The van der Waals surface area contributed by atoms with Crippen LogP contribution in [0.25, 0.3) is 0 Å². The SMILES string of the molecule is CCCCOc1ccccc1C(=O)Oc1ccc2c(c1)OC(N)=C(C#N)C2c1ccc(OCc2ccccc2)cc1. The Labute approximate surface area is 239 Å². The number of para-hydroxylation sites is 1. The fourth-order valence-corrected chi connectivity index (χ4v) is 4.59. The Morgan fingerprint density at radius 2 is 1.66 bits per heavy atom. The Morgan fingerprint density at radius 1 is 0.927 bits per heavy atom. The third-order valence-electron chi connectivity index (χ3n) is 6.73. The summed E-state index contributed by atoms with van der Waals surface area (Å²) in [5.74, 6) is 0.889. The molecule has 0 saturated heterocycles. The topological polar surface area (TPSA) is 104 Å². The van der Waals surface area contributed by atoms with Crippen molar-refractivity contribution >= 4 is 5.97 Å². The molecule has 0 spiro atoms. The van der Waals surface area contributed by atoms with Crippen LogP contribution in [-0.4, -0.2) is 12.6 Å². The number of unbranched alkanes of at least 4 members (excludes halogenated alkanes) is 1. The minimum Gasteiger partial charge on any atom is -0.493 e. The molecule has 0 aliphatic carbocycles. The first-order valence-corrected chi connectivity index (χ1v) is 13.5. The van der Waals surface area contributed by atoms with Gasteiger partial charge < -0.3 is 24.7 Å². The van der Waals surface area contributed by atoms with Gasteiger partial charge in [0.1, 0.15) is 46.8 Å². The molecule has 5 rings (SSSR count). The molecule has 1 aliphatic heterocycles. The highest BCUT2D eigenvalue weighted by Crippen LogP contribution is 2.43. The molecule has 1 heterocycles. The van der Waals surface area contributed by atoms with Gasteiger partial charge in [0.15, 0.2) is 0 Å². The van der Waals surface area contributed by atoms with Gasteiger partial charge in [0.25, 0.3) is 0 Å². The van der Waals surface area contributed by atoms with Crippen LogP contribution >= 0.6 is 0 Å². The minimum absolute atomic E-state index is 0.00699. The van der Waals surface area contributed by atoms with Crippen LogP contribution in [0.3, 0.4) is 0 Å². The van der Waals surface area contributed by atoms with E-state index in [9.17, 15) is 10.1 Å². The maximum absolute atomic E-state index is 13.0. The van der Waals surface area contributed by atoms with Gasteiger partial charge in [-0.05, 0) is 47.9 Å². The Morgan fingerprint density at radius 3 is 2.41 bits per heavy atom. The summed E-state index contributed by atoms with van der Waals surface area (Å²) in [5.41, 5.74) is 9.47. The third-order valence-corrected chi connectivity index (χ3v) is 6.73. The normalized spacial score (nSPS) is 13.9. The number of fused-ring (bicyclic) bond motifs is 1. The van der Waals surface area contributed by atoms with Crippen LogP contribution in [0.5, 0.6) is 23.0 Å². The third kappa shape index (κ3) is 6.34. The fourth-order valence-electron chi connectivity index (χ4n) is 4.59. The van der Waals surface area contributed by atoms with Crippen molar-refractivity contribution in [3.8, 4) is 29.1 Å². The monoisotopic (exact) mass is 546 g/mol. The summed E-state index contributed by atoms with van der Waals surface area (Å²) < 4.78 is 23.2. The molecule has 206 valence electrons. The van der Waals surface area contributed by atoms with E-state index >= 15 is 0 Å². The highest BCUT2D eigenvalue weighted by molar-refractivity contribution is 5.94. The second-order valence-corrected chi connectivity index (χ2v) is 9.56. The van der Waals surface area contributed by atoms with Gasteiger partial charge in [0.05, 0.1) is 12.5 Å². The van der Waals surface area contributed by atoms with Crippen LogP contribution in [0, 0.1) is 11.3 Å². The molecule has 4 aromatic carbocycles. The van der Waals surface area contributed by atoms with Crippen molar-refractivity contribution in [3.63, 3.8) is 0 Å². The number of benzene rings is 4. The van der Waals surface area contributed by atoms with Gasteiger partial charge in [0, 0.05) is 11.6 Å². The molecule has 0 bridgehead atoms. The van der Waals surface area contributed by atoms with Gasteiger partial charge in [-0.1, -0.05) is 74.0 Å². The van der Waals surface area contributed by atoms with E-state index in [1.807, 2.05) is 60.7 Å². The van der Waals surface area contributed by atoms with E-state index in [0.29, 0.717) is 41.6 Å². The summed E-state index contributed by atoms with van der Waals surface area (Å²) in [7, 11) is 0. The van der Waals surface area contributed by atoms with Crippen molar-refractivity contribution in [1.29, 1.82) is 5.26 Å². The fraction of sp³-hybridized carbons (Fsp3) is 0.176. The zero-order valence-electron chi connectivity index (χ0n) is 22.7. The Balaban J connectivity index is 1.35. The average molecular weight is 547 g/mol. The van der Waals surface area contributed by atoms with Crippen LogP contribution in [-0.2, 0) is 6.61 Å². The smallest absolute Gasteiger partial charge is 0.347 e. The molecular weight excluding hydrogens is 516 g/mol. The highest BCUT2D eigenvalue weighted by Gasteiger charge is 2.31. The van der Waals surface area contributed by atoms with Crippen LogP contribution in [0.15, 0.2) is 109 Å². The number of hydrogen-bond acceptors (Lipinski definition) is 7. The number of ether oxygens (including phenoxy) is 4. The molecule has 4 aromatic rings.